The van der Waals surface area contributed by atoms with E-state index in [-0.39, 0.29) is 18.9 Å². The highest BCUT2D eigenvalue weighted by atomic mass is 16.5. The van der Waals surface area contributed by atoms with Crippen LogP contribution in [0, 0.1) is 5.92 Å². The minimum atomic E-state index is -0.680. The van der Waals surface area contributed by atoms with E-state index in [0.29, 0.717) is 34.4 Å². The van der Waals surface area contributed by atoms with E-state index < -0.39 is 24.4 Å². The van der Waals surface area contributed by atoms with Crippen LogP contribution in [0.25, 0.3) is 0 Å². The van der Waals surface area contributed by atoms with E-state index in [4.69, 9.17) is 23.7 Å². The molecule has 198 valence electrons. The smallest absolute Gasteiger partial charge is 0.311 e. The number of carbonyl (C=O) groups excluding carboxylic acids is 3. The van der Waals surface area contributed by atoms with Crippen molar-refractivity contribution >= 4 is 29.2 Å². The number of hydrogen-bond donors (Lipinski definition) is 1. The van der Waals surface area contributed by atoms with Crippen LogP contribution in [-0.2, 0) is 19.1 Å². The molecule has 0 spiro atoms. The molecule has 3 aromatic rings. The lowest BCUT2D eigenvalue weighted by atomic mass is 10.1. The van der Waals surface area contributed by atoms with Crippen LogP contribution in [0.2, 0.25) is 0 Å². The molecule has 1 atom stereocenters. The van der Waals surface area contributed by atoms with E-state index in [0.717, 1.165) is 5.75 Å². The molecule has 4 rings (SSSR count). The van der Waals surface area contributed by atoms with E-state index in [1.54, 1.807) is 73.8 Å². The number of hydrogen-bond acceptors (Lipinski definition) is 8. The predicted molar refractivity (Wildman–Crippen MR) is 139 cm³/mol. The Bertz CT molecular complexity index is 1290. The van der Waals surface area contributed by atoms with Crippen molar-refractivity contribution < 1.29 is 38.1 Å². The quantitative estimate of drug-likeness (QED) is 0.399. The number of methoxy groups -OCH3 is 3. The Hall–Kier alpha value is -4.73. The number of carbonyl (C=O) groups is 3. The molecule has 0 aliphatic carbocycles. The maximum absolute atomic E-state index is 12.6. The fraction of sp³-hybridized carbons (Fsp3) is 0.250. The Balaban J connectivity index is 1.29. The van der Waals surface area contributed by atoms with Crippen LogP contribution in [-0.4, -0.2) is 52.3 Å². The molecule has 1 N–H and O–H groups in total. The van der Waals surface area contributed by atoms with E-state index in [1.165, 1.54) is 19.1 Å². The summed E-state index contributed by atoms with van der Waals surface area (Å²) in [5.74, 6) is 0.917. The first-order valence-electron chi connectivity index (χ1n) is 11.8. The third-order valence-electron chi connectivity index (χ3n) is 5.93. The SMILES string of the molecule is COc1ccc(Oc2ccc(N3C[C@@H](C(=O)OCC(=O)Nc4ccc(OC)cc4OC)CC3=O)cc2)cc1. The van der Waals surface area contributed by atoms with Gasteiger partial charge in [-0.05, 0) is 60.7 Å². The van der Waals surface area contributed by atoms with E-state index in [9.17, 15) is 14.4 Å². The van der Waals surface area contributed by atoms with Crippen molar-refractivity contribution in [3.05, 3.63) is 66.7 Å². The van der Waals surface area contributed by atoms with Crippen LogP contribution in [0.15, 0.2) is 66.7 Å². The van der Waals surface area contributed by atoms with Crippen LogP contribution in [0.5, 0.6) is 28.7 Å². The van der Waals surface area contributed by atoms with Crippen molar-refractivity contribution in [3.63, 3.8) is 0 Å². The third-order valence-corrected chi connectivity index (χ3v) is 5.93. The number of anilines is 2. The van der Waals surface area contributed by atoms with Crippen LogP contribution in [0.1, 0.15) is 6.42 Å². The maximum atomic E-state index is 12.6. The summed E-state index contributed by atoms with van der Waals surface area (Å²) in [5.41, 5.74) is 1.05. The van der Waals surface area contributed by atoms with Crippen LogP contribution in [0.4, 0.5) is 11.4 Å². The number of rotatable bonds is 10. The second kappa shape index (κ2) is 12.0. The van der Waals surface area contributed by atoms with Crippen molar-refractivity contribution in [2.24, 2.45) is 5.92 Å². The molecule has 1 heterocycles. The Morgan fingerprint density at radius 2 is 1.45 bits per heavy atom. The van der Waals surface area contributed by atoms with Gasteiger partial charge in [-0.1, -0.05) is 0 Å². The lowest BCUT2D eigenvalue weighted by Gasteiger charge is -2.17. The van der Waals surface area contributed by atoms with Gasteiger partial charge in [0, 0.05) is 24.7 Å². The highest BCUT2D eigenvalue weighted by molar-refractivity contribution is 6.00. The molecule has 1 aliphatic heterocycles. The largest absolute Gasteiger partial charge is 0.497 e. The normalized spacial score (nSPS) is 14.6. The fourth-order valence-electron chi connectivity index (χ4n) is 3.93. The number of nitrogens with zero attached hydrogens (tertiary/aromatic N) is 1. The molecule has 0 bridgehead atoms. The van der Waals surface area contributed by atoms with E-state index in [2.05, 4.69) is 5.32 Å². The van der Waals surface area contributed by atoms with Gasteiger partial charge in [-0.3, -0.25) is 14.4 Å². The van der Waals surface area contributed by atoms with Gasteiger partial charge in [0.1, 0.15) is 28.7 Å². The predicted octanol–water partition coefficient (Wildman–Crippen LogP) is 4.04. The number of ether oxygens (including phenoxy) is 5. The number of nitrogens with one attached hydrogen (secondary N) is 1. The molecule has 0 aromatic heterocycles. The van der Waals surface area contributed by atoms with Crippen LogP contribution < -0.4 is 29.2 Å². The summed E-state index contributed by atoms with van der Waals surface area (Å²) in [5, 5.41) is 2.64. The molecule has 0 radical (unpaired) electrons. The van der Waals surface area contributed by atoms with Gasteiger partial charge in [-0.15, -0.1) is 0 Å². The highest BCUT2D eigenvalue weighted by Gasteiger charge is 2.36. The Kier molecular flexibility index (Phi) is 8.32. The van der Waals surface area contributed by atoms with Gasteiger partial charge in [0.05, 0.1) is 32.9 Å². The summed E-state index contributed by atoms with van der Waals surface area (Å²) >= 11 is 0. The van der Waals surface area contributed by atoms with E-state index in [1.807, 2.05) is 0 Å². The number of amides is 2. The summed E-state index contributed by atoms with van der Waals surface area (Å²) in [6.45, 7) is -0.333. The average Bonchev–Trinajstić information content (AvgIpc) is 3.34. The molecular formula is C28H28N2O8. The standard InChI is InChI=1S/C28H28N2O8/c1-34-20-8-10-22(11-9-20)38-21-6-4-19(5-7-21)30-16-18(14-27(30)32)28(33)37-17-26(31)29-24-13-12-23(35-2)15-25(24)36-3/h4-13,15,18H,14,16-17H2,1-3H3,(H,29,31)/t18-/m0/s1. The van der Waals surface area contributed by atoms with Crippen molar-refractivity contribution in [2.45, 2.75) is 6.42 Å². The van der Waals surface area contributed by atoms with Gasteiger partial charge in [-0.25, -0.2) is 0 Å². The Morgan fingerprint density at radius 3 is 2.08 bits per heavy atom. The molecule has 2 amide bonds. The van der Waals surface area contributed by atoms with Crippen LogP contribution in [0.3, 0.4) is 0 Å². The Labute approximate surface area is 220 Å². The van der Waals surface area contributed by atoms with Gasteiger partial charge in [-0.2, -0.15) is 0 Å². The topological polar surface area (TPSA) is 113 Å². The number of benzene rings is 3. The Morgan fingerprint density at radius 1 is 0.842 bits per heavy atom. The maximum Gasteiger partial charge on any atom is 0.311 e. The molecule has 10 heteroatoms. The first kappa shape index (κ1) is 26.3. The van der Waals surface area contributed by atoms with Crippen molar-refractivity contribution in [1.29, 1.82) is 0 Å². The first-order valence-corrected chi connectivity index (χ1v) is 11.8. The zero-order valence-corrected chi connectivity index (χ0v) is 21.3. The first-order chi connectivity index (χ1) is 18.4. The van der Waals surface area contributed by atoms with Crippen molar-refractivity contribution in [3.8, 4) is 28.7 Å². The molecule has 3 aromatic carbocycles. The third kappa shape index (κ3) is 6.33. The van der Waals surface area contributed by atoms with Gasteiger partial charge in [0.2, 0.25) is 5.91 Å². The summed E-state index contributed by atoms with van der Waals surface area (Å²) in [7, 11) is 4.58. The highest BCUT2D eigenvalue weighted by Crippen LogP contribution is 2.31. The molecule has 1 fully saturated rings. The molecule has 10 nitrogen and oxygen atoms in total. The molecule has 0 unspecified atom stereocenters. The van der Waals surface area contributed by atoms with Crippen molar-refractivity contribution in [2.75, 3.05) is 44.7 Å². The molecule has 1 aliphatic rings. The summed E-state index contributed by atoms with van der Waals surface area (Å²) in [6.07, 6.45) is -0.00312. The summed E-state index contributed by atoms with van der Waals surface area (Å²) in [4.78, 5) is 39.0. The second-order valence-corrected chi connectivity index (χ2v) is 8.40. The molecule has 38 heavy (non-hydrogen) atoms. The number of esters is 1. The molecular weight excluding hydrogens is 492 g/mol. The minimum Gasteiger partial charge on any atom is -0.497 e. The fourth-order valence-corrected chi connectivity index (χ4v) is 3.93. The summed E-state index contributed by atoms with van der Waals surface area (Å²) in [6, 6.07) is 19.1. The van der Waals surface area contributed by atoms with Crippen molar-refractivity contribution in [1.82, 2.24) is 0 Å². The minimum absolute atomic E-state index is 0.00312. The molecule has 1 saturated heterocycles. The zero-order valence-electron chi connectivity index (χ0n) is 21.3. The van der Waals surface area contributed by atoms with Gasteiger partial charge in [0.25, 0.3) is 5.91 Å². The lowest BCUT2D eigenvalue weighted by Crippen LogP contribution is -2.28. The monoisotopic (exact) mass is 520 g/mol. The van der Waals surface area contributed by atoms with Crippen LogP contribution >= 0.6 is 0 Å². The van der Waals surface area contributed by atoms with Gasteiger partial charge in [0.15, 0.2) is 6.61 Å². The molecule has 0 saturated carbocycles. The average molecular weight is 521 g/mol. The lowest BCUT2D eigenvalue weighted by molar-refractivity contribution is -0.151. The second-order valence-electron chi connectivity index (χ2n) is 8.40. The summed E-state index contributed by atoms with van der Waals surface area (Å²) < 4.78 is 26.5. The zero-order chi connectivity index (χ0) is 27.1. The van der Waals surface area contributed by atoms with E-state index >= 15 is 0 Å². The van der Waals surface area contributed by atoms with Gasteiger partial charge >= 0.3 is 5.97 Å². The van der Waals surface area contributed by atoms with Gasteiger partial charge < -0.3 is 33.9 Å².